The van der Waals surface area contributed by atoms with Crippen LogP contribution in [0.2, 0.25) is 0 Å². The van der Waals surface area contributed by atoms with Crippen molar-refractivity contribution in [2.24, 2.45) is 0 Å². The van der Waals surface area contributed by atoms with E-state index in [9.17, 15) is 4.79 Å². The average molecular weight is 544 g/mol. The molecule has 3 aliphatic heterocycles. The van der Waals surface area contributed by atoms with Gasteiger partial charge in [-0.3, -0.25) is 9.69 Å². The highest BCUT2D eigenvalue weighted by atomic mass is 16.7. The standard InChI is InChI=1S/C29H33N7O4/c1-18-5-6-19(2)24(12-18)34-7-9-35(10-8-34)27(28-31-32-33-36(28)16-21-4-3-11-38-21)22-13-20-14-25-26(40-17-39-25)15-23(20)30-29(22)37/h5-6,12-15,21,27H,3-4,7-11,16-17H2,1-2H3,(H,30,37). The molecule has 11 nitrogen and oxygen atoms in total. The largest absolute Gasteiger partial charge is 0.454 e. The zero-order valence-corrected chi connectivity index (χ0v) is 22.8. The van der Waals surface area contributed by atoms with Gasteiger partial charge in [-0.1, -0.05) is 12.1 Å². The van der Waals surface area contributed by atoms with Crippen LogP contribution in [0.4, 0.5) is 5.69 Å². The number of H-pyrrole nitrogens is 1. The fourth-order valence-electron chi connectivity index (χ4n) is 6.11. The Labute approximate surface area is 231 Å². The van der Waals surface area contributed by atoms with Crippen molar-refractivity contribution in [1.82, 2.24) is 30.1 Å². The quantitative estimate of drug-likeness (QED) is 0.392. The third-order valence-electron chi connectivity index (χ3n) is 8.25. The van der Waals surface area contributed by atoms with Gasteiger partial charge in [0.15, 0.2) is 17.3 Å². The lowest BCUT2D eigenvalue weighted by atomic mass is 10.0. The Balaban J connectivity index is 1.26. The summed E-state index contributed by atoms with van der Waals surface area (Å²) in [4.78, 5) is 21.5. The maximum atomic E-state index is 13.7. The number of anilines is 1. The molecule has 40 heavy (non-hydrogen) atoms. The van der Waals surface area contributed by atoms with Crippen LogP contribution in [-0.4, -0.2) is 75.8 Å². The van der Waals surface area contributed by atoms with Gasteiger partial charge in [-0.25, -0.2) is 4.68 Å². The molecule has 0 amide bonds. The molecule has 2 saturated heterocycles. The van der Waals surface area contributed by atoms with E-state index in [1.807, 2.05) is 22.9 Å². The van der Waals surface area contributed by atoms with E-state index in [1.54, 1.807) is 0 Å². The van der Waals surface area contributed by atoms with Crippen molar-refractivity contribution in [3.63, 3.8) is 0 Å². The summed E-state index contributed by atoms with van der Waals surface area (Å²) in [7, 11) is 0. The first-order chi connectivity index (χ1) is 19.5. The summed E-state index contributed by atoms with van der Waals surface area (Å²) in [5, 5.41) is 13.7. The van der Waals surface area contributed by atoms with Crippen molar-refractivity contribution in [3.8, 4) is 11.5 Å². The molecule has 2 fully saturated rings. The summed E-state index contributed by atoms with van der Waals surface area (Å²) >= 11 is 0. The van der Waals surface area contributed by atoms with Gasteiger partial charge < -0.3 is 24.1 Å². The Morgan fingerprint density at radius 2 is 1.88 bits per heavy atom. The Kier molecular flexibility index (Phi) is 6.39. The molecule has 0 aliphatic carbocycles. The molecular formula is C29H33N7O4. The lowest BCUT2D eigenvalue weighted by molar-refractivity contribution is 0.0906. The lowest BCUT2D eigenvalue weighted by Crippen LogP contribution is -2.49. The van der Waals surface area contributed by atoms with Gasteiger partial charge in [0.25, 0.3) is 5.56 Å². The van der Waals surface area contributed by atoms with Crippen LogP contribution in [0.15, 0.2) is 41.2 Å². The second-order valence-corrected chi connectivity index (χ2v) is 10.9. The van der Waals surface area contributed by atoms with Gasteiger partial charge >= 0.3 is 0 Å². The molecule has 0 bridgehead atoms. The van der Waals surface area contributed by atoms with Gasteiger partial charge in [0, 0.05) is 55.5 Å². The van der Waals surface area contributed by atoms with Crippen molar-refractivity contribution in [1.29, 1.82) is 0 Å². The summed E-state index contributed by atoms with van der Waals surface area (Å²) in [5.41, 5.74) is 4.92. The number of tetrazole rings is 1. The number of ether oxygens (including phenoxy) is 3. The molecule has 1 N–H and O–H groups in total. The molecule has 0 radical (unpaired) electrons. The second kappa shape index (κ2) is 10.2. The van der Waals surface area contributed by atoms with Crippen LogP contribution in [0.1, 0.15) is 41.4 Å². The molecule has 2 aromatic heterocycles. The van der Waals surface area contributed by atoms with Crippen LogP contribution in [0.25, 0.3) is 10.9 Å². The predicted octanol–water partition coefficient (Wildman–Crippen LogP) is 2.95. The number of hydrogen-bond acceptors (Lipinski definition) is 9. The highest BCUT2D eigenvalue weighted by Crippen LogP contribution is 2.37. The van der Waals surface area contributed by atoms with Gasteiger partial charge in [-0.05, 0) is 66.4 Å². The molecule has 0 spiro atoms. The highest BCUT2D eigenvalue weighted by Gasteiger charge is 2.34. The minimum absolute atomic E-state index is 0.0682. The Morgan fingerprint density at radius 3 is 2.67 bits per heavy atom. The van der Waals surface area contributed by atoms with Crippen LogP contribution in [-0.2, 0) is 11.3 Å². The van der Waals surface area contributed by atoms with Crippen molar-refractivity contribution in [2.45, 2.75) is 45.4 Å². The number of piperazine rings is 1. The maximum Gasteiger partial charge on any atom is 0.253 e. The molecule has 0 saturated carbocycles. The van der Waals surface area contributed by atoms with Crippen molar-refractivity contribution < 1.29 is 14.2 Å². The normalized spacial score (nSPS) is 19.9. The first-order valence-electron chi connectivity index (χ1n) is 13.9. The Morgan fingerprint density at radius 1 is 1.05 bits per heavy atom. The molecule has 7 rings (SSSR count). The number of fused-ring (bicyclic) bond motifs is 2. The van der Waals surface area contributed by atoms with Gasteiger partial charge in [-0.2, -0.15) is 0 Å². The number of aryl methyl sites for hydroxylation is 2. The van der Waals surface area contributed by atoms with Crippen LogP contribution < -0.4 is 19.9 Å². The maximum absolute atomic E-state index is 13.7. The first-order valence-corrected chi connectivity index (χ1v) is 13.9. The van der Waals surface area contributed by atoms with E-state index >= 15 is 0 Å². The number of hydrogen-bond donors (Lipinski definition) is 1. The van der Waals surface area contributed by atoms with Gasteiger partial charge in [-0.15, -0.1) is 5.10 Å². The van der Waals surface area contributed by atoms with E-state index in [0.29, 0.717) is 34.9 Å². The summed E-state index contributed by atoms with van der Waals surface area (Å²) in [5.74, 6) is 1.96. The van der Waals surface area contributed by atoms with Crippen molar-refractivity contribution in [2.75, 3.05) is 44.5 Å². The lowest BCUT2D eigenvalue weighted by Gasteiger charge is -2.40. The van der Waals surface area contributed by atoms with Gasteiger partial charge in [0.05, 0.1) is 18.2 Å². The predicted molar refractivity (Wildman–Crippen MR) is 149 cm³/mol. The molecule has 4 aromatic rings. The van der Waals surface area contributed by atoms with E-state index in [2.05, 4.69) is 62.4 Å². The van der Waals surface area contributed by atoms with Crippen LogP contribution in [0, 0.1) is 13.8 Å². The summed E-state index contributed by atoms with van der Waals surface area (Å²) < 4.78 is 18.8. The number of aromatic nitrogens is 5. The SMILES string of the molecule is Cc1ccc(C)c(N2CCN(C(c3cc4cc5c(cc4[nH]c3=O)OCO5)c3nnnn3CC3CCCO3)CC2)c1. The zero-order chi connectivity index (χ0) is 27.2. The number of nitrogens with zero attached hydrogens (tertiary/aromatic N) is 6. The average Bonchev–Trinajstić information content (AvgIpc) is 3.73. The summed E-state index contributed by atoms with van der Waals surface area (Å²) in [6.07, 6.45) is 2.08. The molecule has 2 unspecified atom stereocenters. The van der Waals surface area contributed by atoms with E-state index in [0.717, 1.165) is 51.0 Å². The van der Waals surface area contributed by atoms with Crippen LogP contribution in [0.3, 0.4) is 0 Å². The van der Waals surface area contributed by atoms with Gasteiger partial charge in [0.1, 0.15) is 6.04 Å². The van der Waals surface area contributed by atoms with Crippen LogP contribution in [0.5, 0.6) is 11.5 Å². The molecule has 3 aliphatic rings. The van der Waals surface area contributed by atoms with E-state index in [4.69, 9.17) is 14.2 Å². The summed E-state index contributed by atoms with van der Waals surface area (Å²) in [6.45, 7) is 8.94. The number of pyridine rings is 1. The molecule has 208 valence electrons. The van der Waals surface area contributed by atoms with Crippen LogP contribution >= 0.6 is 0 Å². The minimum Gasteiger partial charge on any atom is -0.454 e. The van der Waals surface area contributed by atoms with Crippen molar-refractivity contribution >= 4 is 16.6 Å². The molecule has 2 atom stereocenters. The second-order valence-electron chi connectivity index (χ2n) is 10.9. The molecular weight excluding hydrogens is 510 g/mol. The number of nitrogens with one attached hydrogen (secondary N) is 1. The Hall–Kier alpha value is -3.96. The van der Waals surface area contributed by atoms with E-state index < -0.39 is 6.04 Å². The third-order valence-corrected chi connectivity index (χ3v) is 8.25. The van der Waals surface area contributed by atoms with Crippen molar-refractivity contribution in [3.05, 3.63) is 69.3 Å². The highest BCUT2D eigenvalue weighted by molar-refractivity contribution is 5.83. The molecule has 2 aromatic carbocycles. The fourth-order valence-corrected chi connectivity index (χ4v) is 6.11. The summed E-state index contributed by atoms with van der Waals surface area (Å²) in [6, 6.07) is 11.9. The zero-order valence-electron chi connectivity index (χ0n) is 22.8. The van der Waals surface area contributed by atoms with Gasteiger partial charge in [0.2, 0.25) is 6.79 Å². The van der Waals surface area contributed by atoms with E-state index in [1.165, 1.54) is 16.8 Å². The third kappa shape index (κ3) is 4.58. The topological polar surface area (TPSA) is 111 Å². The monoisotopic (exact) mass is 543 g/mol. The number of rotatable bonds is 6. The minimum atomic E-state index is -0.421. The van der Waals surface area contributed by atoms with E-state index in [-0.39, 0.29) is 18.5 Å². The smallest absolute Gasteiger partial charge is 0.253 e. The number of aromatic amines is 1. The number of benzene rings is 2. The Bertz CT molecular complexity index is 1600. The molecule has 5 heterocycles. The molecule has 11 heteroatoms. The fraction of sp³-hybridized carbons (Fsp3) is 0.448. The first kappa shape index (κ1) is 25.0.